The van der Waals surface area contributed by atoms with E-state index in [4.69, 9.17) is 0 Å². The molecule has 2 rings (SSSR count). The van der Waals surface area contributed by atoms with Crippen LogP contribution in [0.2, 0.25) is 0 Å². The summed E-state index contributed by atoms with van der Waals surface area (Å²) in [6, 6.07) is 3.35. The van der Waals surface area contributed by atoms with Gasteiger partial charge < -0.3 is 5.32 Å². The van der Waals surface area contributed by atoms with E-state index in [0.717, 1.165) is 25.6 Å². The summed E-state index contributed by atoms with van der Waals surface area (Å²) >= 11 is 0. The summed E-state index contributed by atoms with van der Waals surface area (Å²) < 4.78 is 1.89. The quantitative estimate of drug-likeness (QED) is 0.881. The molecule has 0 spiro atoms. The molecule has 102 valence electrons. The van der Waals surface area contributed by atoms with Crippen LogP contribution in [0.4, 0.5) is 0 Å². The molecule has 1 N–H and O–H groups in total. The minimum atomic E-state index is 0.581. The molecule has 0 aliphatic carbocycles. The molecule has 0 bridgehead atoms. The summed E-state index contributed by atoms with van der Waals surface area (Å²) in [7, 11) is 1.98. The van der Waals surface area contributed by atoms with Crippen molar-refractivity contribution >= 4 is 0 Å². The van der Waals surface area contributed by atoms with Gasteiger partial charge in [-0.2, -0.15) is 5.10 Å². The van der Waals surface area contributed by atoms with Gasteiger partial charge >= 0.3 is 0 Å². The van der Waals surface area contributed by atoms with Gasteiger partial charge in [-0.1, -0.05) is 13.8 Å². The van der Waals surface area contributed by atoms with Crippen LogP contribution in [0.15, 0.2) is 12.3 Å². The molecule has 18 heavy (non-hydrogen) atoms. The van der Waals surface area contributed by atoms with E-state index in [1.165, 1.54) is 12.1 Å². The first-order valence-electron chi connectivity index (χ1n) is 7.00. The van der Waals surface area contributed by atoms with E-state index in [9.17, 15) is 0 Å². The number of hydrogen-bond acceptors (Lipinski definition) is 3. The van der Waals surface area contributed by atoms with Gasteiger partial charge in [0.2, 0.25) is 0 Å². The van der Waals surface area contributed by atoms with Crippen molar-refractivity contribution in [3.05, 3.63) is 18.0 Å². The van der Waals surface area contributed by atoms with E-state index in [2.05, 4.69) is 42.2 Å². The highest BCUT2D eigenvalue weighted by atomic mass is 15.3. The van der Waals surface area contributed by atoms with Crippen molar-refractivity contribution in [1.82, 2.24) is 20.0 Å². The molecule has 0 saturated carbocycles. The fourth-order valence-corrected chi connectivity index (χ4v) is 2.76. The highest BCUT2D eigenvalue weighted by Gasteiger charge is 2.26. The highest BCUT2D eigenvalue weighted by Crippen LogP contribution is 2.17. The first-order valence-corrected chi connectivity index (χ1v) is 7.00. The molecule has 1 fully saturated rings. The summed E-state index contributed by atoms with van der Waals surface area (Å²) in [5, 5.41) is 8.09. The lowest BCUT2D eigenvalue weighted by Gasteiger charge is -2.39. The Labute approximate surface area is 110 Å². The van der Waals surface area contributed by atoms with Gasteiger partial charge in [-0.25, -0.2) is 0 Å². The molecule has 0 amide bonds. The largest absolute Gasteiger partial charge is 0.311 e. The molecule has 0 aromatic carbocycles. The third-order valence-electron chi connectivity index (χ3n) is 3.60. The average Bonchev–Trinajstić information content (AvgIpc) is 2.67. The van der Waals surface area contributed by atoms with Crippen molar-refractivity contribution in [1.29, 1.82) is 0 Å². The fraction of sp³-hybridized carbons (Fsp3) is 0.786. The highest BCUT2D eigenvalue weighted by molar-refractivity contribution is 5.00. The van der Waals surface area contributed by atoms with Crippen molar-refractivity contribution in [2.75, 3.05) is 13.1 Å². The second-order valence-electron chi connectivity index (χ2n) is 6.00. The number of nitrogens with zero attached hydrogens (tertiary/aromatic N) is 3. The number of hydrogen-bond donors (Lipinski definition) is 1. The van der Waals surface area contributed by atoms with E-state index >= 15 is 0 Å². The Kier molecular flexibility index (Phi) is 4.40. The van der Waals surface area contributed by atoms with Gasteiger partial charge in [0, 0.05) is 45.0 Å². The molecule has 1 aliphatic heterocycles. The third-order valence-corrected chi connectivity index (χ3v) is 3.60. The summed E-state index contributed by atoms with van der Waals surface area (Å²) in [4.78, 5) is 2.59. The lowest BCUT2D eigenvalue weighted by molar-refractivity contribution is 0.110. The summed E-state index contributed by atoms with van der Waals surface area (Å²) in [6.45, 7) is 10.1. The number of nitrogens with one attached hydrogen (secondary N) is 1. The zero-order valence-electron chi connectivity index (χ0n) is 12.1. The van der Waals surface area contributed by atoms with Crippen molar-refractivity contribution in [3.63, 3.8) is 0 Å². The fourth-order valence-electron chi connectivity index (χ4n) is 2.76. The molecule has 0 radical (unpaired) electrons. The van der Waals surface area contributed by atoms with Gasteiger partial charge in [-0.15, -0.1) is 0 Å². The van der Waals surface area contributed by atoms with Gasteiger partial charge in [0.05, 0.1) is 5.69 Å². The summed E-state index contributed by atoms with van der Waals surface area (Å²) in [5.41, 5.74) is 1.18. The lowest BCUT2D eigenvalue weighted by Crippen LogP contribution is -2.55. The smallest absolute Gasteiger partial charge is 0.0764 e. The Hall–Kier alpha value is -0.870. The van der Waals surface area contributed by atoms with Crippen LogP contribution in [-0.4, -0.2) is 39.9 Å². The van der Waals surface area contributed by atoms with Crippen LogP contribution in [0.3, 0.4) is 0 Å². The van der Waals surface area contributed by atoms with E-state index in [1.807, 2.05) is 17.9 Å². The molecule has 2 atom stereocenters. The summed E-state index contributed by atoms with van der Waals surface area (Å²) in [5.74, 6) is 0.747. The molecule has 2 heterocycles. The lowest BCUT2D eigenvalue weighted by atomic mass is 9.99. The summed E-state index contributed by atoms with van der Waals surface area (Å²) in [6.07, 6.45) is 3.28. The SMILES string of the molecule is CC(C)CC1CNC(C)CN1Cc1ccn(C)n1. The zero-order valence-corrected chi connectivity index (χ0v) is 12.1. The number of rotatable bonds is 4. The van der Waals surface area contributed by atoms with Gasteiger partial charge in [0.1, 0.15) is 0 Å². The van der Waals surface area contributed by atoms with Crippen LogP contribution < -0.4 is 5.32 Å². The molecule has 2 unspecified atom stereocenters. The van der Waals surface area contributed by atoms with E-state index < -0.39 is 0 Å². The van der Waals surface area contributed by atoms with Crippen molar-refractivity contribution in [2.45, 2.75) is 45.8 Å². The Morgan fingerprint density at radius 3 is 2.89 bits per heavy atom. The molecule has 1 aromatic rings. The molecule has 1 aromatic heterocycles. The van der Waals surface area contributed by atoms with E-state index in [-0.39, 0.29) is 0 Å². The maximum absolute atomic E-state index is 4.50. The number of aryl methyl sites for hydroxylation is 1. The molecule has 4 heteroatoms. The van der Waals surface area contributed by atoms with Crippen LogP contribution in [0, 0.1) is 5.92 Å². The minimum absolute atomic E-state index is 0.581. The predicted octanol–water partition coefficient (Wildman–Crippen LogP) is 1.63. The Balaban J connectivity index is 2.00. The standard InChI is InChI=1S/C14H26N4/c1-11(2)7-14-8-15-12(3)9-18(14)10-13-5-6-17(4)16-13/h5-6,11-12,14-15H,7-10H2,1-4H3. The second-order valence-corrected chi connectivity index (χ2v) is 6.00. The van der Waals surface area contributed by atoms with Crippen LogP contribution in [0.1, 0.15) is 32.9 Å². The first kappa shape index (κ1) is 13.6. The first-order chi connectivity index (χ1) is 8.54. The zero-order chi connectivity index (χ0) is 13.1. The van der Waals surface area contributed by atoms with E-state index in [1.54, 1.807) is 0 Å². The second kappa shape index (κ2) is 5.85. The van der Waals surface area contributed by atoms with Gasteiger partial charge in [-0.3, -0.25) is 9.58 Å². The minimum Gasteiger partial charge on any atom is -0.311 e. The Morgan fingerprint density at radius 2 is 2.28 bits per heavy atom. The maximum Gasteiger partial charge on any atom is 0.0764 e. The van der Waals surface area contributed by atoms with Gasteiger partial charge in [0.25, 0.3) is 0 Å². The molecule has 1 aliphatic rings. The van der Waals surface area contributed by atoms with Crippen LogP contribution in [-0.2, 0) is 13.6 Å². The van der Waals surface area contributed by atoms with E-state index in [0.29, 0.717) is 12.1 Å². The van der Waals surface area contributed by atoms with Crippen LogP contribution >= 0.6 is 0 Å². The van der Waals surface area contributed by atoms with Crippen LogP contribution in [0.5, 0.6) is 0 Å². The topological polar surface area (TPSA) is 33.1 Å². The normalized spacial score (nSPS) is 25.8. The molecule has 4 nitrogen and oxygen atoms in total. The maximum atomic E-state index is 4.50. The molecule has 1 saturated heterocycles. The molecular formula is C14H26N4. The number of aromatic nitrogens is 2. The van der Waals surface area contributed by atoms with Gasteiger partial charge in [-0.05, 0) is 25.3 Å². The van der Waals surface area contributed by atoms with Crippen molar-refractivity contribution < 1.29 is 0 Å². The Morgan fingerprint density at radius 1 is 1.50 bits per heavy atom. The number of piperazine rings is 1. The molecular weight excluding hydrogens is 224 g/mol. The predicted molar refractivity (Wildman–Crippen MR) is 74.3 cm³/mol. The Bertz CT molecular complexity index is 372. The average molecular weight is 250 g/mol. The van der Waals surface area contributed by atoms with Crippen molar-refractivity contribution in [3.8, 4) is 0 Å². The van der Waals surface area contributed by atoms with Crippen LogP contribution in [0.25, 0.3) is 0 Å². The van der Waals surface area contributed by atoms with Crippen molar-refractivity contribution in [2.24, 2.45) is 13.0 Å². The third kappa shape index (κ3) is 3.56. The van der Waals surface area contributed by atoms with Gasteiger partial charge in [0.15, 0.2) is 0 Å². The monoisotopic (exact) mass is 250 g/mol.